The highest BCUT2D eigenvalue weighted by Gasteiger charge is 2.46. The van der Waals surface area contributed by atoms with Crippen molar-refractivity contribution in [3.63, 3.8) is 0 Å². The first kappa shape index (κ1) is 11.5. The summed E-state index contributed by atoms with van der Waals surface area (Å²) in [5.74, 6) is 0.0775. The Balaban J connectivity index is 2.88. The molecule has 3 N–H and O–H groups in total. The van der Waals surface area contributed by atoms with Crippen LogP contribution in [0.25, 0.3) is 0 Å². The molecule has 0 unspecified atom stereocenters. The lowest BCUT2D eigenvalue weighted by molar-refractivity contribution is -0.149. The van der Waals surface area contributed by atoms with E-state index in [2.05, 4.69) is 20.8 Å². The molecule has 1 saturated carbocycles. The van der Waals surface area contributed by atoms with Gasteiger partial charge < -0.3 is 10.8 Å². The van der Waals surface area contributed by atoms with Gasteiger partial charge in [0.2, 0.25) is 0 Å². The van der Waals surface area contributed by atoms with E-state index < -0.39 is 11.5 Å². The Morgan fingerprint density at radius 3 is 2.50 bits per heavy atom. The van der Waals surface area contributed by atoms with E-state index in [9.17, 15) is 9.90 Å². The molecule has 1 rings (SSSR count). The van der Waals surface area contributed by atoms with Gasteiger partial charge in [-0.1, -0.05) is 27.2 Å². The van der Waals surface area contributed by atoms with Crippen LogP contribution in [0.15, 0.2) is 0 Å². The fraction of sp³-hybridized carbons (Fsp3) is 0.909. The van der Waals surface area contributed by atoms with E-state index in [0.717, 1.165) is 12.8 Å². The first-order valence-electron chi connectivity index (χ1n) is 5.40. The first-order valence-corrected chi connectivity index (χ1v) is 5.40. The third kappa shape index (κ3) is 1.92. The molecular weight excluding hydrogens is 178 g/mol. The number of carboxylic acids is 1. The lowest BCUT2D eigenvalue weighted by Crippen LogP contribution is -2.58. The molecule has 1 aliphatic carbocycles. The molecule has 0 aliphatic heterocycles. The summed E-state index contributed by atoms with van der Waals surface area (Å²) in [7, 11) is 0. The molecule has 0 amide bonds. The molecule has 0 saturated heterocycles. The normalized spacial score (nSPS) is 38.6. The van der Waals surface area contributed by atoms with E-state index in [1.165, 1.54) is 0 Å². The van der Waals surface area contributed by atoms with Crippen molar-refractivity contribution < 1.29 is 9.90 Å². The molecule has 3 atom stereocenters. The zero-order chi connectivity index (χ0) is 10.9. The van der Waals surface area contributed by atoms with Crippen molar-refractivity contribution >= 4 is 5.97 Å². The maximum atomic E-state index is 11.2. The molecule has 0 radical (unpaired) electrons. The summed E-state index contributed by atoms with van der Waals surface area (Å²) < 4.78 is 0. The maximum absolute atomic E-state index is 11.2. The Kier molecular flexibility index (Phi) is 3.20. The SMILES string of the molecule is CC(C)[C@H]1CC[C@@H](C)C[C@@]1(N)C(=O)O. The molecular formula is C11H21NO2. The van der Waals surface area contributed by atoms with Crippen molar-refractivity contribution in [2.75, 3.05) is 0 Å². The van der Waals surface area contributed by atoms with Crippen molar-refractivity contribution in [2.45, 2.75) is 45.6 Å². The summed E-state index contributed by atoms with van der Waals surface area (Å²) >= 11 is 0. The molecule has 1 fully saturated rings. The second-order valence-corrected chi connectivity index (χ2v) is 5.08. The van der Waals surface area contributed by atoms with Crippen molar-refractivity contribution in [3.8, 4) is 0 Å². The number of rotatable bonds is 2. The minimum Gasteiger partial charge on any atom is -0.480 e. The number of aliphatic carboxylic acids is 1. The molecule has 0 spiro atoms. The van der Waals surface area contributed by atoms with Crippen LogP contribution in [0.1, 0.15) is 40.0 Å². The molecule has 3 nitrogen and oxygen atoms in total. The molecule has 0 aromatic carbocycles. The smallest absolute Gasteiger partial charge is 0.323 e. The molecule has 0 aromatic heterocycles. The third-order valence-corrected chi connectivity index (χ3v) is 3.52. The predicted octanol–water partition coefficient (Wildman–Crippen LogP) is 1.86. The Labute approximate surface area is 85.7 Å². The van der Waals surface area contributed by atoms with E-state index in [0.29, 0.717) is 18.3 Å². The number of hydrogen-bond donors (Lipinski definition) is 2. The van der Waals surface area contributed by atoms with Crippen LogP contribution in [-0.2, 0) is 4.79 Å². The Bertz CT molecular complexity index is 227. The number of carbonyl (C=O) groups is 1. The second-order valence-electron chi connectivity index (χ2n) is 5.08. The Morgan fingerprint density at radius 1 is 1.50 bits per heavy atom. The number of hydrogen-bond acceptors (Lipinski definition) is 2. The van der Waals surface area contributed by atoms with Crippen molar-refractivity contribution in [2.24, 2.45) is 23.5 Å². The standard InChI is InChI=1S/C11H21NO2/c1-7(2)9-5-4-8(3)6-11(9,12)10(13)14/h7-9H,4-6,12H2,1-3H3,(H,13,14)/t8-,9-,11+/m1/s1. The van der Waals surface area contributed by atoms with Gasteiger partial charge in [-0.2, -0.15) is 0 Å². The van der Waals surface area contributed by atoms with Gasteiger partial charge in [0.25, 0.3) is 0 Å². The van der Waals surface area contributed by atoms with Gasteiger partial charge in [0.05, 0.1) is 0 Å². The van der Waals surface area contributed by atoms with Crippen LogP contribution in [0.2, 0.25) is 0 Å². The number of carboxylic acid groups (broad SMARTS) is 1. The van der Waals surface area contributed by atoms with E-state index in [1.54, 1.807) is 0 Å². The highest BCUT2D eigenvalue weighted by Crippen LogP contribution is 2.39. The average molecular weight is 199 g/mol. The first-order chi connectivity index (χ1) is 6.38. The molecule has 0 aromatic rings. The van der Waals surface area contributed by atoms with Gasteiger partial charge in [-0.3, -0.25) is 4.79 Å². The summed E-state index contributed by atoms with van der Waals surface area (Å²) in [6, 6.07) is 0. The van der Waals surface area contributed by atoms with Gasteiger partial charge >= 0.3 is 5.97 Å². The fourth-order valence-electron chi connectivity index (χ4n) is 2.73. The van der Waals surface area contributed by atoms with Crippen molar-refractivity contribution in [3.05, 3.63) is 0 Å². The van der Waals surface area contributed by atoms with Crippen molar-refractivity contribution in [1.82, 2.24) is 0 Å². The van der Waals surface area contributed by atoms with Gasteiger partial charge in [-0.15, -0.1) is 0 Å². The van der Waals surface area contributed by atoms with Gasteiger partial charge in [-0.25, -0.2) is 0 Å². The van der Waals surface area contributed by atoms with Crippen LogP contribution >= 0.6 is 0 Å². The summed E-state index contributed by atoms with van der Waals surface area (Å²) in [4.78, 5) is 11.2. The van der Waals surface area contributed by atoms with Crippen LogP contribution in [0.5, 0.6) is 0 Å². The largest absolute Gasteiger partial charge is 0.480 e. The number of nitrogens with two attached hydrogens (primary N) is 1. The molecule has 14 heavy (non-hydrogen) atoms. The third-order valence-electron chi connectivity index (χ3n) is 3.52. The van der Waals surface area contributed by atoms with E-state index in [-0.39, 0.29) is 5.92 Å². The molecule has 0 heterocycles. The zero-order valence-corrected chi connectivity index (χ0v) is 9.29. The summed E-state index contributed by atoms with van der Waals surface area (Å²) in [5.41, 5.74) is 5.04. The van der Waals surface area contributed by atoms with Crippen LogP contribution in [0, 0.1) is 17.8 Å². The Hall–Kier alpha value is -0.570. The van der Waals surface area contributed by atoms with Crippen LogP contribution < -0.4 is 5.73 Å². The predicted molar refractivity (Wildman–Crippen MR) is 55.9 cm³/mol. The molecule has 1 aliphatic rings. The van der Waals surface area contributed by atoms with Crippen molar-refractivity contribution in [1.29, 1.82) is 0 Å². The monoisotopic (exact) mass is 199 g/mol. The van der Waals surface area contributed by atoms with Gasteiger partial charge in [0.1, 0.15) is 5.54 Å². The van der Waals surface area contributed by atoms with Gasteiger partial charge in [0.15, 0.2) is 0 Å². The quantitative estimate of drug-likeness (QED) is 0.713. The van der Waals surface area contributed by atoms with E-state index >= 15 is 0 Å². The summed E-state index contributed by atoms with van der Waals surface area (Å²) in [6.45, 7) is 6.21. The topological polar surface area (TPSA) is 63.3 Å². The lowest BCUT2D eigenvalue weighted by atomic mass is 9.65. The fourth-order valence-corrected chi connectivity index (χ4v) is 2.73. The molecule has 3 heteroatoms. The highest BCUT2D eigenvalue weighted by atomic mass is 16.4. The Morgan fingerprint density at radius 2 is 2.07 bits per heavy atom. The van der Waals surface area contributed by atoms with Gasteiger partial charge in [0, 0.05) is 0 Å². The average Bonchev–Trinajstić information content (AvgIpc) is 2.02. The van der Waals surface area contributed by atoms with E-state index in [1.807, 2.05) is 0 Å². The minimum atomic E-state index is -0.994. The highest BCUT2D eigenvalue weighted by molar-refractivity contribution is 5.79. The summed E-state index contributed by atoms with van der Waals surface area (Å²) in [5, 5.41) is 9.21. The maximum Gasteiger partial charge on any atom is 0.323 e. The van der Waals surface area contributed by atoms with E-state index in [4.69, 9.17) is 5.73 Å². The minimum absolute atomic E-state index is 0.121. The van der Waals surface area contributed by atoms with Crippen LogP contribution in [-0.4, -0.2) is 16.6 Å². The zero-order valence-electron chi connectivity index (χ0n) is 9.29. The second kappa shape index (κ2) is 3.89. The lowest BCUT2D eigenvalue weighted by Gasteiger charge is -2.42. The molecule has 0 bridgehead atoms. The van der Waals surface area contributed by atoms with Crippen LogP contribution in [0.3, 0.4) is 0 Å². The van der Waals surface area contributed by atoms with Gasteiger partial charge in [-0.05, 0) is 30.6 Å². The molecule has 82 valence electrons. The van der Waals surface area contributed by atoms with Crippen LogP contribution in [0.4, 0.5) is 0 Å². The summed E-state index contributed by atoms with van der Waals surface area (Å²) in [6.07, 6.45) is 2.67.